The summed E-state index contributed by atoms with van der Waals surface area (Å²) in [4.78, 5) is 5.62. The van der Waals surface area contributed by atoms with E-state index in [1.807, 2.05) is 13.0 Å². The summed E-state index contributed by atoms with van der Waals surface area (Å²) in [6, 6.07) is 5.01. The van der Waals surface area contributed by atoms with Crippen LogP contribution in [0, 0.1) is 18.5 Å². The van der Waals surface area contributed by atoms with Gasteiger partial charge in [0.2, 0.25) is 5.82 Å². The van der Waals surface area contributed by atoms with E-state index in [-0.39, 0.29) is 10.3 Å². The van der Waals surface area contributed by atoms with Crippen LogP contribution in [0.5, 0.6) is 5.75 Å². The minimum Gasteiger partial charge on any atom is -0.496 e. The van der Waals surface area contributed by atoms with Gasteiger partial charge in [-0.15, -0.1) is 0 Å². The van der Waals surface area contributed by atoms with Gasteiger partial charge in [-0.3, -0.25) is 0 Å². The third kappa shape index (κ3) is 3.24. The molecule has 3 nitrogen and oxygen atoms in total. The predicted molar refractivity (Wildman–Crippen MR) is 75.9 cm³/mol. The quantitative estimate of drug-likeness (QED) is 0.832. The molecule has 0 radical (unpaired) electrons. The summed E-state index contributed by atoms with van der Waals surface area (Å²) in [7, 11) is 1.47. The molecule has 0 spiro atoms. The first kappa shape index (κ1) is 15.5. The van der Waals surface area contributed by atoms with Crippen molar-refractivity contribution in [3.8, 4) is 17.0 Å². The van der Waals surface area contributed by atoms with Gasteiger partial charge in [-0.05, 0) is 37.1 Å². The fraction of sp³-hybridized carbons (Fsp3) is 0.286. The van der Waals surface area contributed by atoms with Crippen LogP contribution in [0.4, 0.5) is 13.2 Å². The van der Waals surface area contributed by atoms with E-state index in [0.29, 0.717) is 11.3 Å². The summed E-state index contributed by atoms with van der Waals surface area (Å²) in [5, 5.41) is 0. The van der Waals surface area contributed by atoms with Gasteiger partial charge >= 0.3 is 6.18 Å². The largest absolute Gasteiger partial charge is 0.496 e. The molecule has 112 valence electrons. The van der Waals surface area contributed by atoms with Crippen molar-refractivity contribution in [1.82, 2.24) is 9.97 Å². The molecule has 1 aromatic heterocycles. The van der Waals surface area contributed by atoms with Crippen LogP contribution in [0.2, 0.25) is 0 Å². The molecule has 0 atom stereocenters. The Labute approximate surface area is 124 Å². The van der Waals surface area contributed by atoms with Crippen molar-refractivity contribution >= 4 is 12.2 Å². The molecule has 1 aromatic carbocycles. The number of aromatic nitrogens is 2. The lowest BCUT2D eigenvalue weighted by molar-refractivity contribution is -0.145. The van der Waals surface area contributed by atoms with Gasteiger partial charge in [0.25, 0.3) is 0 Å². The van der Waals surface area contributed by atoms with E-state index in [2.05, 4.69) is 9.97 Å². The first-order valence-electron chi connectivity index (χ1n) is 6.06. The van der Waals surface area contributed by atoms with Gasteiger partial charge in [0.1, 0.15) is 10.4 Å². The number of methoxy groups -OCH3 is 1. The molecule has 0 unspecified atom stereocenters. The molecule has 1 heterocycles. The van der Waals surface area contributed by atoms with E-state index >= 15 is 0 Å². The van der Waals surface area contributed by atoms with Gasteiger partial charge in [0, 0.05) is 5.56 Å². The third-order valence-electron chi connectivity index (χ3n) is 2.94. The van der Waals surface area contributed by atoms with Crippen LogP contribution in [0.1, 0.15) is 17.0 Å². The maximum absolute atomic E-state index is 12.8. The average Bonchev–Trinajstić information content (AvgIpc) is 2.35. The number of nitrogens with zero attached hydrogens (tertiary/aromatic N) is 1. The molecular weight excluding hydrogens is 301 g/mol. The second-order valence-electron chi connectivity index (χ2n) is 4.64. The van der Waals surface area contributed by atoms with Crippen LogP contribution in [-0.2, 0) is 6.18 Å². The Hall–Kier alpha value is -1.89. The molecule has 0 amide bonds. The van der Waals surface area contributed by atoms with Crippen molar-refractivity contribution in [3.63, 3.8) is 0 Å². The first-order valence-corrected chi connectivity index (χ1v) is 6.47. The molecule has 0 saturated heterocycles. The topological polar surface area (TPSA) is 37.9 Å². The Morgan fingerprint density at radius 2 is 1.86 bits per heavy atom. The van der Waals surface area contributed by atoms with Crippen LogP contribution in [-0.4, -0.2) is 17.1 Å². The Morgan fingerprint density at radius 3 is 2.43 bits per heavy atom. The number of rotatable bonds is 2. The van der Waals surface area contributed by atoms with E-state index < -0.39 is 12.0 Å². The standard InChI is InChI=1S/C14H13F3N2OS/c1-7-4-8(2)12(10(5-7)20-3)9-6-11(21)19-13(18-9)14(15,16)17/h4-6H,1-3H3,(H,18,19,21). The summed E-state index contributed by atoms with van der Waals surface area (Å²) in [6.07, 6.45) is -4.59. The van der Waals surface area contributed by atoms with Gasteiger partial charge in [-0.25, -0.2) is 4.98 Å². The maximum atomic E-state index is 12.8. The maximum Gasteiger partial charge on any atom is 0.449 e. The highest BCUT2D eigenvalue weighted by molar-refractivity contribution is 7.71. The van der Waals surface area contributed by atoms with Crippen molar-refractivity contribution in [2.24, 2.45) is 0 Å². The van der Waals surface area contributed by atoms with Crippen molar-refractivity contribution in [2.45, 2.75) is 20.0 Å². The van der Waals surface area contributed by atoms with Gasteiger partial charge < -0.3 is 9.72 Å². The van der Waals surface area contributed by atoms with Crippen molar-refractivity contribution < 1.29 is 17.9 Å². The predicted octanol–water partition coefficient (Wildman–Crippen LogP) is 4.45. The number of benzene rings is 1. The summed E-state index contributed by atoms with van der Waals surface area (Å²) in [6.45, 7) is 3.69. The van der Waals surface area contributed by atoms with Crippen LogP contribution in [0.3, 0.4) is 0 Å². The summed E-state index contributed by atoms with van der Waals surface area (Å²) in [5.74, 6) is -0.635. The number of aryl methyl sites for hydroxylation is 2. The highest BCUT2D eigenvalue weighted by atomic mass is 32.1. The fourth-order valence-corrected chi connectivity index (χ4v) is 2.37. The van der Waals surface area contributed by atoms with Gasteiger partial charge in [-0.1, -0.05) is 18.3 Å². The van der Waals surface area contributed by atoms with Gasteiger partial charge in [0.15, 0.2) is 0 Å². The highest BCUT2D eigenvalue weighted by Crippen LogP contribution is 2.35. The molecule has 0 fully saturated rings. The van der Waals surface area contributed by atoms with Crippen LogP contribution >= 0.6 is 12.2 Å². The number of alkyl halides is 3. The SMILES string of the molecule is COc1cc(C)cc(C)c1-c1cc(=S)nc(C(F)(F)F)[nH]1. The zero-order valence-corrected chi connectivity index (χ0v) is 12.4. The molecule has 0 aliphatic carbocycles. The van der Waals surface area contributed by atoms with Crippen molar-refractivity contribution in [1.29, 1.82) is 0 Å². The molecule has 2 rings (SSSR count). The number of halogens is 3. The average molecular weight is 314 g/mol. The lowest BCUT2D eigenvalue weighted by Crippen LogP contribution is -2.12. The Bertz CT molecular complexity index is 738. The van der Waals surface area contributed by atoms with E-state index in [1.54, 1.807) is 13.0 Å². The Balaban J connectivity index is 2.74. The fourth-order valence-electron chi connectivity index (χ4n) is 2.16. The number of aromatic amines is 1. The third-order valence-corrected chi connectivity index (χ3v) is 3.15. The molecule has 0 bridgehead atoms. The summed E-state index contributed by atoms with van der Waals surface area (Å²) >= 11 is 4.83. The smallest absolute Gasteiger partial charge is 0.449 e. The normalized spacial score (nSPS) is 11.5. The number of H-pyrrole nitrogens is 1. The minimum absolute atomic E-state index is 0.127. The van der Waals surface area contributed by atoms with Gasteiger partial charge in [0.05, 0.1) is 12.8 Å². The zero-order chi connectivity index (χ0) is 15.8. The van der Waals surface area contributed by atoms with Gasteiger partial charge in [-0.2, -0.15) is 13.2 Å². The second-order valence-corrected chi connectivity index (χ2v) is 5.06. The number of hydrogen-bond acceptors (Lipinski definition) is 3. The molecular formula is C14H13F3N2OS. The minimum atomic E-state index is -4.59. The Morgan fingerprint density at radius 1 is 1.19 bits per heavy atom. The van der Waals surface area contributed by atoms with Crippen LogP contribution in [0.25, 0.3) is 11.3 Å². The Kier molecular flexibility index (Phi) is 4.04. The summed E-state index contributed by atoms with van der Waals surface area (Å²) < 4.78 is 43.7. The monoisotopic (exact) mass is 314 g/mol. The first-order chi connectivity index (χ1) is 9.72. The number of ether oxygens (including phenoxy) is 1. The number of nitrogens with one attached hydrogen (secondary N) is 1. The molecule has 2 aromatic rings. The highest BCUT2D eigenvalue weighted by Gasteiger charge is 2.34. The number of hydrogen-bond donors (Lipinski definition) is 1. The molecule has 7 heteroatoms. The zero-order valence-electron chi connectivity index (χ0n) is 11.6. The lowest BCUT2D eigenvalue weighted by Gasteiger charge is -2.15. The van der Waals surface area contributed by atoms with E-state index in [9.17, 15) is 13.2 Å². The van der Waals surface area contributed by atoms with Crippen LogP contribution in [0.15, 0.2) is 18.2 Å². The van der Waals surface area contributed by atoms with Crippen molar-refractivity contribution in [2.75, 3.05) is 7.11 Å². The molecule has 0 aliphatic heterocycles. The lowest BCUT2D eigenvalue weighted by atomic mass is 10.0. The van der Waals surface area contributed by atoms with E-state index in [0.717, 1.165) is 11.1 Å². The molecule has 21 heavy (non-hydrogen) atoms. The molecule has 0 saturated carbocycles. The molecule has 0 aliphatic rings. The van der Waals surface area contributed by atoms with Crippen molar-refractivity contribution in [3.05, 3.63) is 39.8 Å². The van der Waals surface area contributed by atoms with Crippen LogP contribution < -0.4 is 4.74 Å². The summed E-state index contributed by atoms with van der Waals surface area (Å²) in [5.41, 5.74) is 2.52. The van der Waals surface area contributed by atoms with E-state index in [1.165, 1.54) is 13.2 Å². The molecule has 1 N–H and O–H groups in total. The van der Waals surface area contributed by atoms with E-state index in [4.69, 9.17) is 17.0 Å². The second kappa shape index (κ2) is 5.48.